The van der Waals surface area contributed by atoms with Crippen LogP contribution in [0.4, 0.5) is 5.69 Å². The third kappa shape index (κ3) is 4.23. The molecule has 4 nitrogen and oxygen atoms in total. The molecule has 3 rings (SSSR count). The van der Waals surface area contributed by atoms with Gasteiger partial charge in [-0.3, -0.25) is 9.78 Å². The molecule has 1 aromatic carbocycles. The number of aromatic nitrogens is 1. The molecule has 1 amide bonds. The SMILES string of the molecule is O=C(NCCc1ccc(Cl)cc1)c1cncc(N2CCCC2)c1. The maximum Gasteiger partial charge on any atom is 0.252 e. The third-order valence-electron chi connectivity index (χ3n) is 4.07. The Hall–Kier alpha value is -2.07. The minimum atomic E-state index is -0.0764. The zero-order valence-electron chi connectivity index (χ0n) is 13.0. The van der Waals surface area contributed by atoms with Crippen LogP contribution in [0.3, 0.4) is 0 Å². The predicted molar refractivity (Wildman–Crippen MR) is 93.2 cm³/mol. The Morgan fingerprint density at radius 1 is 1.17 bits per heavy atom. The molecule has 0 spiro atoms. The minimum absolute atomic E-state index is 0.0764. The number of hydrogen-bond donors (Lipinski definition) is 1. The second-order valence-electron chi connectivity index (χ2n) is 5.76. The zero-order chi connectivity index (χ0) is 16.1. The lowest BCUT2D eigenvalue weighted by Crippen LogP contribution is -2.26. The van der Waals surface area contributed by atoms with Crippen molar-refractivity contribution in [2.75, 3.05) is 24.5 Å². The average molecular weight is 330 g/mol. The van der Waals surface area contributed by atoms with Crippen molar-refractivity contribution in [1.82, 2.24) is 10.3 Å². The van der Waals surface area contributed by atoms with E-state index in [4.69, 9.17) is 11.6 Å². The van der Waals surface area contributed by atoms with E-state index in [1.165, 1.54) is 12.8 Å². The van der Waals surface area contributed by atoms with E-state index in [1.54, 1.807) is 6.20 Å². The second kappa shape index (κ2) is 7.47. The lowest BCUT2D eigenvalue weighted by Gasteiger charge is -2.17. The fraction of sp³-hybridized carbons (Fsp3) is 0.333. The van der Waals surface area contributed by atoms with E-state index in [-0.39, 0.29) is 5.91 Å². The molecule has 0 saturated carbocycles. The molecule has 0 radical (unpaired) electrons. The quantitative estimate of drug-likeness (QED) is 0.915. The molecule has 120 valence electrons. The van der Waals surface area contributed by atoms with Gasteiger partial charge in [-0.05, 0) is 43.0 Å². The molecule has 1 aliphatic rings. The summed E-state index contributed by atoms with van der Waals surface area (Å²) in [6.07, 6.45) is 6.64. The van der Waals surface area contributed by atoms with E-state index in [9.17, 15) is 4.79 Å². The van der Waals surface area contributed by atoms with Crippen molar-refractivity contribution in [2.24, 2.45) is 0 Å². The maximum absolute atomic E-state index is 12.3. The molecule has 2 heterocycles. The smallest absolute Gasteiger partial charge is 0.252 e. The van der Waals surface area contributed by atoms with Crippen LogP contribution in [0.2, 0.25) is 5.02 Å². The molecule has 1 fully saturated rings. The summed E-state index contributed by atoms with van der Waals surface area (Å²) in [5, 5.41) is 3.67. The summed E-state index contributed by atoms with van der Waals surface area (Å²) in [5.74, 6) is -0.0764. The van der Waals surface area contributed by atoms with Crippen LogP contribution in [-0.4, -0.2) is 30.5 Å². The summed E-state index contributed by atoms with van der Waals surface area (Å²) in [6.45, 7) is 2.68. The summed E-state index contributed by atoms with van der Waals surface area (Å²) in [5.41, 5.74) is 2.80. The Morgan fingerprint density at radius 3 is 2.65 bits per heavy atom. The number of hydrogen-bond acceptors (Lipinski definition) is 3. The number of rotatable bonds is 5. The molecule has 2 aromatic rings. The number of nitrogens with zero attached hydrogens (tertiary/aromatic N) is 2. The van der Waals surface area contributed by atoms with Crippen LogP contribution in [0.5, 0.6) is 0 Å². The Kier molecular flexibility index (Phi) is 5.13. The third-order valence-corrected chi connectivity index (χ3v) is 4.32. The van der Waals surface area contributed by atoms with Crippen LogP contribution in [0, 0.1) is 0 Å². The van der Waals surface area contributed by atoms with Gasteiger partial charge in [0.15, 0.2) is 0 Å². The first kappa shape index (κ1) is 15.8. The summed E-state index contributed by atoms with van der Waals surface area (Å²) in [6, 6.07) is 9.61. The average Bonchev–Trinajstić information content (AvgIpc) is 3.11. The van der Waals surface area contributed by atoms with E-state index in [2.05, 4.69) is 15.2 Å². The first-order valence-corrected chi connectivity index (χ1v) is 8.33. The maximum atomic E-state index is 12.3. The molecule has 1 saturated heterocycles. The highest BCUT2D eigenvalue weighted by Crippen LogP contribution is 2.20. The van der Waals surface area contributed by atoms with Crippen molar-refractivity contribution >= 4 is 23.2 Å². The molecule has 23 heavy (non-hydrogen) atoms. The van der Waals surface area contributed by atoms with Crippen molar-refractivity contribution in [3.05, 3.63) is 58.9 Å². The largest absolute Gasteiger partial charge is 0.370 e. The van der Waals surface area contributed by atoms with Crippen LogP contribution < -0.4 is 10.2 Å². The molecule has 1 N–H and O–H groups in total. The van der Waals surface area contributed by atoms with Crippen molar-refractivity contribution in [3.63, 3.8) is 0 Å². The van der Waals surface area contributed by atoms with E-state index in [1.807, 2.05) is 36.5 Å². The molecular weight excluding hydrogens is 310 g/mol. The van der Waals surface area contributed by atoms with Gasteiger partial charge in [-0.25, -0.2) is 0 Å². The van der Waals surface area contributed by atoms with Gasteiger partial charge in [0.2, 0.25) is 0 Å². The highest BCUT2D eigenvalue weighted by molar-refractivity contribution is 6.30. The van der Waals surface area contributed by atoms with Crippen LogP contribution in [-0.2, 0) is 6.42 Å². The van der Waals surface area contributed by atoms with Gasteiger partial charge in [0.25, 0.3) is 5.91 Å². The lowest BCUT2D eigenvalue weighted by atomic mass is 10.1. The van der Waals surface area contributed by atoms with Gasteiger partial charge >= 0.3 is 0 Å². The number of halogens is 1. The number of carbonyl (C=O) groups excluding carboxylic acids is 1. The monoisotopic (exact) mass is 329 g/mol. The molecule has 0 unspecified atom stereocenters. The molecule has 0 bridgehead atoms. The topological polar surface area (TPSA) is 45.2 Å². The summed E-state index contributed by atoms with van der Waals surface area (Å²) >= 11 is 5.86. The normalized spacial score (nSPS) is 14.0. The van der Waals surface area contributed by atoms with Gasteiger partial charge in [-0.15, -0.1) is 0 Å². The van der Waals surface area contributed by atoms with Gasteiger partial charge in [0.1, 0.15) is 0 Å². The molecule has 0 aliphatic carbocycles. The number of anilines is 1. The van der Waals surface area contributed by atoms with E-state index >= 15 is 0 Å². The second-order valence-corrected chi connectivity index (χ2v) is 6.19. The van der Waals surface area contributed by atoms with Crippen molar-refractivity contribution in [2.45, 2.75) is 19.3 Å². The molecule has 1 aliphatic heterocycles. The van der Waals surface area contributed by atoms with Crippen LogP contribution in [0.1, 0.15) is 28.8 Å². The Balaban J connectivity index is 1.55. The van der Waals surface area contributed by atoms with Crippen LogP contribution in [0.25, 0.3) is 0 Å². The Morgan fingerprint density at radius 2 is 1.91 bits per heavy atom. The van der Waals surface area contributed by atoms with Gasteiger partial charge < -0.3 is 10.2 Å². The summed E-state index contributed by atoms with van der Waals surface area (Å²) < 4.78 is 0. The highest BCUT2D eigenvalue weighted by Gasteiger charge is 2.14. The molecule has 0 atom stereocenters. The van der Waals surface area contributed by atoms with Gasteiger partial charge in [-0.2, -0.15) is 0 Å². The fourth-order valence-electron chi connectivity index (χ4n) is 2.77. The standard InChI is InChI=1S/C18H20ClN3O/c19-16-5-3-14(4-6-16)7-8-21-18(23)15-11-17(13-20-12-15)22-9-1-2-10-22/h3-6,11-13H,1-2,7-10H2,(H,21,23). The van der Waals surface area contributed by atoms with E-state index in [0.29, 0.717) is 12.1 Å². The van der Waals surface area contributed by atoms with E-state index in [0.717, 1.165) is 35.8 Å². The number of benzene rings is 1. The first-order chi connectivity index (χ1) is 11.2. The van der Waals surface area contributed by atoms with Crippen LogP contribution in [0.15, 0.2) is 42.7 Å². The molecular formula is C18H20ClN3O. The Bertz CT molecular complexity index is 666. The first-order valence-electron chi connectivity index (χ1n) is 7.95. The predicted octanol–water partition coefficient (Wildman–Crippen LogP) is 3.31. The number of nitrogens with one attached hydrogen (secondary N) is 1. The molecule has 1 aromatic heterocycles. The van der Waals surface area contributed by atoms with Crippen molar-refractivity contribution < 1.29 is 4.79 Å². The number of carbonyl (C=O) groups is 1. The minimum Gasteiger partial charge on any atom is -0.370 e. The molecule has 5 heteroatoms. The zero-order valence-corrected chi connectivity index (χ0v) is 13.7. The van der Waals surface area contributed by atoms with Gasteiger partial charge in [-0.1, -0.05) is 23.7 Å². The fourth-order valence-corrected chi connectivity index (χ4v) is 2.90. The van der Waals surface area contributed by atoms with E-state index < -0.39 is 0 Å². The Labute approximate surface area is 141 Å². The lowest BCUT2D eigenvalue weighted by molar-refractivity contribution is 0.0954. The van der Waals surface area contributed by atoms with Gasteiger partial charge in [0.05, 0.1) is 17.4 Å². The number of amides is 1. The van der Waals surface area contributed by atoms with Crippen molar-refractivity contribution in [3.8, 4) is 0 Å². The number of pyridine rings is 1. The van der Waals surface area contributed by atoms with Crippen molar-refractivity contribution in [1.29, 1.82) is 0 Å². The summed E-state index contributed by atoms with van der Waals surface area (Å²) in [7, 11) is 0. The summed E-state index contributed by atoms with van der Waals surface area (Å²) in [4.78, 5) is 18.7. The highest BCUT2D eigenvalue weighted by atomic mass is 35.5. The van der Waals surface area contributed by atoms with Crippen LogP contribution >= 0.6 is 11.6 Å². The van der Waals surface area contributed by atoms with Gasteiger partial charge in [0, 0.05) is 30.9 Å².